The van der Waals surface area contributed by atoms with Gasteiger partial charge in [0, 0.05) is 0 Å². The molecule has 1 aromatic carbocycles. The Hall–Kier alpha value is -1.04. The molecule has 21 heavy (non-hydrogen) atoms. The number of carbonyl (C=O) groups is 1. The number of nitrogens with one attached hydrogen (secondary N) is 1. The number of para-hydroxylation sites is 1. The van der Waals surface area contributed by atoms with Crippen molar-refractivity contribution in [3.05, 3.63) is 44.1 Å². The molecule has 0 fully saturated rings. The molecule has 1 unspecified atom stereocenters. The van der Waals surface area contributed by atoms with Crippen molar-refractivity contribution in [2.24, 2.45) is 0 Å². The van der Waals surface area contributed by atoms with Crippen LogP contribution in [-0.4, -0.2) is 15.7 Å². The van der Waals surface area contributed by atoms with E-state index in [0.29, 0.717) is 15.7 Å². The van der Waals surface area contributed by atoms with E-state index in [9.17, 15) is 4.79 Å². The van der Waals surface area contributed by atoms with Crippen molar-refractivity contribution in [1.82, 2.24) is 9.78 Å². The van der Waals surface area contributed by atoms with Crippen molar-refractivity contribution in [2.75, 3.05) is 5.32 Å². The maximum absolute atomic E-state index is 12.4. The van der Waals surface area contributed by atoms with Gasteiger partial charge in [0.15, 0.2) is 0 Å². The van der Waals surface area contributed by atoms with Gasteiger partial charge in [0.2, 0.25) is 5.91 Å². The van der Waals surface area contributed by atoms with Crippen molar-refractivity contribution in [3.63, 3.8) is 0 Å². The largest absolute Gasteiger partial charge is 0.322 e. The Morgan fingerprint density at radius 3 is 2.38 bits per heavy atom. The van der Waals surface area contributed by atoms with E-state index < -0.39 is 6.04 Å². The highest BCUT2D eigenvalue weighted by Gasteiger charge is 2.21. The summed E-state index contributed by atoms with van der Waals surface area (Å²) in [6.45, 7) is 5.55. The molecule has 1 heterocycles. The predicted molar refractivity (Wildman–Crippen MR) is 89.2 cm³/mol. The van der Waals surface area contributed by atoms with E-state index in [1.54, 1.807) is 29.8 Å². The maximum atomic E-state index is 12.4. The summed E-state index contributed by atoms with van der Waals surface area (Å²) < 4.78 is 2.57. The van der Waals surface area contributed by atoms with E-state index in [4.69, 9.17) is 23.2 Å². The Balaban J connectivity index is 2.26. The molecule has 0 radical (unpaired) electrons. The molecule has 1 aromatic heterocycles. The van der Waals surface area contributed by atoms with Gasteiger partial charge in [-0.25, -0.2) is 0 Å². The number of nitrogens with zero attached hydrogens (tertiary/aromatic N) is 2. The SMILES string of the molecule is Cc1nn(C(C)C(=O)Nc2c(Cl)cccc2Cl)c(C)c1Br. The third kappa shape index (κ3) is 3.25. The molecule has 2 aromatic rings. The second-order valence-electron chi connectivity index (χ2n) is 4.69. The summed E-state index contributed by atoms with van der Waals surface area (Å²) in [4.78, 5) is 12.4. The highest BCUT2D eigenvalue weighted by molar-refractivity contribution is 9.10. The molecule has 0 aliphatic rings. The van der Waals surface area contributed by atoms with E-state index in [-0.39, 0.29) is 5.91 Å². The lowest BCUT2D eigenvalue weighted by atomic mass is 10.2. The molecule has 0 bridgehead atoms. The summed E-state index contributed by atoms with van der Waals surface area (Å²) in [6.07, 6.45) is 0. The highest BCUT2D eigenvalue weighted by atomic mass is 79.9. The van der Waals surface area contributed by atoms with Gasteiger partial charge in [0.25, 0.3) is 0 Å². The smallest absolute Gasteiger partial charge is 0.249 e. The summed E-state index contributed by atoms with van der Waals surface area (Å²) >= 11 is 15.6. The van der Waals surface area contributed by atoms with E-state index in [0.717, 1.165) is 15.9 Å². The molecule has 0 saturated carbocycles. The van der Waals surface area contributed by atoms with Crippen molar-refractivity contribution in [2.45, 2.75) is 26.8 Å². The summed E-state index contributed by atoms with van der Waals surface area (Å²) in [7, 11) is 0. The van der Waals surface area contributed by atoms with Crippen molar-refractivity contribution >= 4 is 50.7 Å². The molecule has 7 heteroatoms. The van der Waals surface area contributed by atoms with Gasteiger partial charge in [-0.15, -0.1) is 0 Å². The monoisotopic (exact) mass is 389 g/mol. The van der Waals surface area contributed by atoms with Gasteiger partial charge in [-0.3, -0.25) is 9.48 Å². The fourth-order valence-corrected chi connectivity index (χ4v) is 2.73. The molecule has 0 saturated heterocycles. The number of aromatic nitrogens is 2. The zero-order valence-corrected chi connectivity index (χ0v) is 14.8. The Labute approximate surface area is 141 Å². The van der Waals surface area contributed by atoms with Gasteiger partial charge in [-0.05, 0) is 48.8 Å². The second-order valence-corrected chi connectivity index (χ2v) is 6.30. The Kier molecular flexibility index (Phi) is 4.96. The normalized spacial score (nSPS) is 12.3. The number of carbonyl (C=O) groups excluding carboxylic acids is 1. The lowest BCUT2D eigenvalue weighted by Crippen LogP contribution is -2.25. The number of hydrogen-bond acceptors (Lipinski definition) is 2. The fraction of sp³-hybridized carbons (Fsp3) is 0.286. The highest BCUT2D eigenvalue weighted by Crippen LogP contribution is 2.31. The van der Waals surface area contributed by atoms with Gasteiger partial charge in [0.05, 0.1) is 31.6 Å². The molecule has 2 rings (SSSR count). The minimum Gasteiger partial charge on any atom is -0.322 e. The van der Waals surface area contributed by atoms with E-state index in [1.165, 1.54) is 0 Å². The third-order valence-corrected chi connectivity index (χ3v) is 4.97. The van der Waals surface area contributed by atoms with Crippen LogP contribution in [0.2, 0.25) is 10.0 Å². The first-order valence-corrected chi connectivity index (χ1v) is 7.84. The Morgan fingerprint density at radius 2 is 1.90 bits per heavy atom. The zero-order valence-electron chi connectivity index (χ0n) is 11.7. The first-order valence-electron chi connectivity index (χ1n) is 6.29. The topological polar surface area (TPSA) is 46.9 Å². The van der Waals surface area contributed by atoms with Gasteiger partial charge >= 0.3 is 0 Å². The maximum Gasteiger partial charge on any atom is 0.249 e. The van der Waals surface area contributed by atoms with Crippen LogP contribution in [0.25, 0.3) is 0 Å². The van der Waals surface area contributed by atoms with Crippen molar-refractivity contribution < 1.29 is 4.79 Å². The summed E-state index contributed by atoms with van der Waals surface area (Å²) in [6, 6.07) is 4.59. The number of halogens is 3. The lowest BCUT2D eigenvalue weighted by molar-refractivity contribution is -0.119. The van der Waals surface area contributed by atoms with Crippen molar-refractivity contribution in [3.8, 4) is 0 Å². The zero-order chi connectivity index (χ0) is 15.7. The quantitative estimate of drug-likeness (QED) is 0.820. The number of rotatable bonds is 3. The molecular weight excluding hydrogens is 377 g/mol. The molecule has 0 aliphatic carbocycles. The third-order valence-electron chi connectivity index (χ3n) is 3.19. The van der Waals surface area contributed by atoms with Crippen LogP contribution >= 0.6 is 39.1 Å². The molecule has 0 spiro atoms. The molecular formula is C14H14BrCl2N3O. The Morgan fingerprint density at radius 1 is 1.33 bits per heavy atom. The molecule has 4 nitrogen and oxygen atoms in total. The van der Waals surface area contributed by atoms with Gasteiger partial charge in [0.1, 0.15) is 6.04 Å². The number of hydrogen-bond donors (Lipinski definition) is 1. The van der Waals surface area contributed by atoms with Gasteiger partial charge in [-0.1, -0.05) is 29.3 Å². The van der Waals surface area contributed by atoms with Gasteiger partial charge < -0.3 is 5.32 Å². The van der Waals surface area contributed by atoms with Crippen LogP contribution in [0.4, 0.5) is 5.69 Å². The van der Waals surface area contributed by atoms with E-state index >= 15 is 0 Å². The number of anilines is 1. The summed E-state index contributed by atoms with van der Waals surface area (Å²) in [5, 5.41) is 7.92. The molecule has 1 atom stereocenters. The van der Waals surface area contributed by atoms with Crippen molar-refractivity contribution in [1.29, 1.82) is 0 Å². The van der Waals surface area contributed by atoms with Crippen LogP contribution in [0.1, 0.15) is 24.4 Å². The van der Waals surface area contributed by atoms with Crippen LogP contribution in [-0.2, 0) is 4.79 Å². The first kappa shape index (κ1) is 16.3. The molecule has 1 amide bonds. The molecule has 112 valence electrons. The van der Waals surface area contributed by atoms with Crippen LogP contribution in [0, 0.1) is 13.8 Å². The van der Waals surface area contributed by atoms with E-state index in [1.807, 2.05) is 13.8 Å². The van der Waals surface area contributed by atoms with Gasteiger partial charge in [-0.2, -0.15) is 5.10 Å². The summed E-state index contributed by atoms with van der Waals surface area (Å²) in [5.74, 6) is -0.233. The van der Waals surface area contributed by atoms with E-state index in [2.05, 4.69) is 26.3 Å². The predicted octanol–water partition coefficient (Wildman–Crippen LogP) is 4.77. The minimum absolute atomic E-state index is 0.233. The molecule has 0 aliphatic heterocycles. The average molecular weight is 391 g/mol. The number of benzene rings is 1. The fourth-order valence-electron chi connectivity index (χ4n) is 1.98. The first-order chi connectivity index (χ1) is 9.82. The van der Waals surface area contributed by atoms with Crippen LogP contribution < -0.4 is 5.32 Å². The minimum atomic E-state index is -0.484. The second kappa shape index (κ2) is 6.38. The summed E-state index contributed by atoms with van der Waals surface area (Å²) in [5.41, 5.74) is 2.14. The number of aryl methyl sites for hydroxylation is 1. The standard InChI is InChI=1S/C14H14BrCl2N3O/c1-7-12(15)8(2)20(19-7)9(3)14(21)18-13-10(16)5-4-6-11(13)17/h4-6,9H,1-3H3,(H,18,21). The average Bonchev–Trinajstić information content (AvgIpc) is 2.69. The molecule has 1 N–H and O–H groups in total. The Bertz CT molecular complexity index is 680. The lowest BCUT2D eigenvalue weighted by Gasteiger charge is -2.16. The number of amides is 1. The van der Waals surface area contributed by atoms with Crippen LogP contribution in [0.15, 0.2) is 22.7 Å². The van der Waals surface area contributed by atoms with Crippen LogP contribution in [0.5, 0.6) is 0 Å². The van der Waals surface area contributed by atoms with Crippen LogP contribution in [0.3, 0.4) is 0 Å².